The van der Waals surface area contributed by atoms with Gasteiger partial charge >= 0.3 is 0 Å². The molecular weight excluding hydrogens is 188 g/mol. The summed E-state index contributed by atoms with van der Waals surface area (Å²) in [5, 5.41) is 7.21. The normalized spacial score (nSPS) is 10.5. The van der Waals surface area contributed by atoms with Crippen molar-refractivity contribution in [2.75, 3.05) is 6.26 Å². The van der Waals surface area contributed by atoms with E-state index in [4.69, 9.17) is 0 Å². The van der Waals surface area contributed by atoms with E-state index in [0.29, 0.717) is 16.1 Å². The predicted molar refractivity (Wildman–Crippen MR) is 49.7 cm³/mol. The van der Waals surface area contributed by atoms with Crippen molar-refractivity contribution in [1.82, 2.24) is 20.2 Å². The molecule has 1 N–H and O–H groups in total. The molecule has 2 aromatic rings. The third-order valence-electron chi connectivity index (χ3n) is 1.56. The lowest BCUT2D eigenvalue weighted by atomic mass is 10.4. The van der Waals surface area contributed by atoms with E-state index in [9.17, 15) is 4.79 Å². The van der Waals surface area contributed by atoms with Gasteiger partial charge in [0.25, 0.3) is 5.56 Å². The number of hydrogen-bond donors (Lipinski definition) is 1. The Balaban J connectivity index is 2.82. The lowest BCUT2D eigenvalue weighted by molar-refractivity contribution is 0.957. The van der Waals surface area contributed by atoms with Gasteiger partial charge in [-0.25, -0.2) is 15.1 Å². The number of nitrogens with one attached hydrogen (secondary N) is 1. The fourth-order valence-corrected chi connectivity index (χ4v) is 1.30. The van der Waals surface area contributed by atoms with Crippen LogP contribution in [-0.2, 0) is 0 Å². The van der Waals surface area contributed by atoms with Gasteiger partial charge in [0.2, 0.25) is 0 Å². The van der Waals surface area contributed by atoms with Crippen LogP contribution in [0.25, 0.3) is 10.9 Å². The lowest BCUT2D eigenvalue weighted by Gasteiger charge is -1.96. The summed E-state index contributed by atoms with van der Waals surface area (Å²) in [7, 11) is 0. The molecule has 13 heavy (non-hydrogen) atoms. The van der Waals surface area contributed by atoms with Crippen LogP contribution >= 0.6 is 11.8 Å². The summed E-state index contributed by atoms with van der Waals surface area (Å²) in [6.45, 7) is 0. The zero-order valence-corrected chi connectivity index (χ0v) is 7.63. The van der Waals surface area contributed by atoms with E-state index in [1.54, 1.807) is 6.20 Å². The molecule has 0 atom stereocenters. The van der Waals surface area contributed by atoms with Crippen molar-refractivity contribution < 1.29 is 0 Å². The number of fused-ring (bicyclic) bond motifs is 1. The van der Waals surface area contributed by atoms with Crippen molar-refractivity contribution in [3.63, 3.8) is 0 Å². The topological polar surface area (TPSA) is 71.5 Å². The standard InChI is InChI=1S/C7H6N4OS/c1-13-7-8-2-4-3-9-11-6(12)5(4)10-7/h2-3H,1H3,(H,11,12). The van der Waals surface area contributed by atoms with Crippen LogP contribution in [0.2, 0.25) is 0 Å². The van der Waals surface area contributed by atoms with Crippen LogP contribution in [-0.4, -0.2) is 26.4 Å². The fourth-order valence-electron chi connectivity index (χ4n) is 0.963. The molecule has 0 spiro atoms. The summed E-state index contributed by atoms with van der Waals surface area (Å²) in [6, 6.07) is 0. The maximum atomic E-state index is 11.2. The first-order valence-corrected chi connectivity index (χ1v) is 4.78. The van der Waals surface area contributed by atoms with Crippen molar-refractivity contribution in [3.05, 3.63) is 22.7 Å². The van der Waals surface area contributed by atoms with E-state index in [2.05, 4.69) is 20.2 Å². The monoisotopic (exact) mass is 194 g/mol. The number of H-pyrrole nitrogens is 1. The van der Waals surface area contributed by atoms with Gasteiger partial charge in [-0.05, 0) is 6.26 Å². The SMILES string of the molecule is CSc1ncc2cn[nH]c(=O)c2n1. The number of thioether (sulfide) groups is 1. The number of rotatable bonds is 1. The van der Waals surface area contributed by atoms with Crippen LogP contribution in [0, 0.1) is 0 Å². The lowest BCUT2D eigenvalue weighted by Crippen LogP contribution is -2.09. The highest BCUT2D eigenvalue weighted by Gasteiger charge is 2.01. The quantitative estimate of drug-likeness (QED) is 0.526. The molecule has 0 unspecified atom stereocenters. The third-order valence-corrected chi connectivity index (χ3v) is 2.12. The number of hydrogen-bond acceptors (Lipinski definition) is 5. The van der Waals surface area contributed by atoms with Crippen molar-refractivity contribution in [1.29, 1.82) is 0 Å². The number of nitrogens with zero attached hydrogens (tertiary/aromatic N) is 3. The van der Waals surface area contributed by atoms with Gasteiger partial charge < -0.3 is 0 Å². The Bertz CT molecular complexity index is 495. The van der Waals surface area contributed by atoms with Gasteiger partial charge in [-0.15, -0.1) is 0 Å². The van der Waals surface area contributed by atoms with Crippen LogP contribution in [0.5, 0.6) is 0 Å². The Morgan fingerprint density at radius 1 is 1.46 bits per heavy atom. The minimum atomic E-state index is -0.282. The second-order valence-corrected chi connectivity index (χ2v) is 3.13. The second-order valence-electron chi connectivity index (χ2n) is 2.36. The van der Waals surface area contributed by atoms with E-state index >= 15 is 0 Å². The largest absolute Gasteiger partial charge is 0.290 e. The van der Waals surface area contributed by atoms with E-state index in [1.165, 1.54) is 18.0 Å². The molecule has 0 aliphatic rings. The maximum Gasteiger partial charge on any atom is 0.290 e. The highest BCUT2D eigenvalue weighted by molar-refractivity contribution is 7.98. The minimum Gasteiger partial charge on any atom is -0.266 e. The van der Waals surface area contributed by atoms with Crippen molar-refractivity contribution in [2.45, 2.75) is 5.16 Å². The average Bonchev–Trinajstić information content (AvgIpc) is 2.18. The van der Waals surface area contributed by atoms with Crippen molar-refractivity contribution >= 4 is 22.7 Å². The summed E-state index contributed by atoms with van der Waals surface area (Å²) >= 11 is 1.40. The van der Waals surface area contributed by atoms with E-state index in [0.717, 1.165) is 0 Å². The molecule has 0 radical (unpaired) electrons. The smallest absolute Gasteiger partial charge is 0.266 e. The Hall–Kier alpha value is -1.43. The molecule has 0 aromatic carbocycles. The predicted octanol–water partition coefficient (Wildman–Crippen LogP) is 0.435. The molecule has 5 nitrogen and oxygen atoms in total. The van der Waals surface area contributed by atoms with Gasteiger partial charge in [0, 0.05) is 11.6 Å². The van der Waals surface area contributed by atoms with E-state index < -0.39 is 0 Å². The summed E-state index contributed by atoms with van der Waals surface area (Å²) in [5.41, 5.74) is 0.101. The van der Waals surface area contributed by atoms with Crippen LogP contribution in [0.15, 0.2) is 22.3 Å². The molecule has 0 bridgehead atoms. The molecular formula is C7H6N4OS. The van der Waals surface area contributed by atoms with Gasteiger partial charge in [0.15, 0.2) is 5.16 Å². The van der Waals surface area contributed by atoms with Crippen LogP contribution < -0.4 is 5.56 Å². The highest BCUT2D eigenvalue weighted by Crippen LogP contribution is 2.10. The van der Waals surface area contributed by atoms with E-state index in [1.807, 2.05) is 6.26 Å². The molecule has 0 fully saturated rings. The van der Waals surface area contributed by atoms with Gasteiger partial charge in [-0.3, -0.25) is 4.79 Å². The molecule has 0 saturated heterocycles. The Morgan fingerprint density at radius 3 is 3.08 bits per heavy atom. The van der Waals surface area contributed by atoms with E-state index in [-0.39, 0.29) is 5.56 Å². The molecule has 66 valence electrons. The average molecular weight is 194 g/mol. The van der Waals surface area contributed by atoms with Crippen LogP contribution in [0.1, 0.15) is 0 Å². The molecule has 2 rings (SSSR count). The zero-order valence-electron chi connectivity index (χ0n) is 6.81. The Labute approximate surface area is 77.6 Å². The first-order chi connectivity index (χ1) is 6.31. The number of aromatic amines is 1. The Kier molecular flexibility index (Phi) is 1.97. The summed E-state index contributed by atoms with van der Waals surface area (Å²) in [6.07, 6.45) is 4.98. The highest BCUT2D eigenvalue weighted by atomic mass is 32.2. The first kappa shape index (κ1) is 8.18. The molecule has 0 saturated carbocycles. The van der Waals surface area contributed by atoms with Crippen molar-refractivity contribution in [3.8, 4) is 0 Å². The number of aromatic nitrogens is 4. The first-order valence-electron chi connectivity index (χ1n) is 3.55. The van der Waals surface area contributed by atoms with Crippen LogP contribution in [0.3, 0.4) is 0 Å². The Morgan fingerprint density at radius 2 is 2.31 bits per heavy atom. The molecule has 0 aliphatic carbocycles. The third kappa shape index (κ3) is 1.40. The summed E-state index contributed by atoms with van der Waals surface area (Å²) in [4.78, 5) is 19.3. The van der Waals surface area contributed by atoms with Gasteiger partial charge in [-0.2, -0.15) is 5.10 Å². The summed E-state index contributed by atoms with van der Waals surface area (Å²) < 4.78 is 0. The molecule has 0 amide bonds. The fraction of sp³-hybridized carbons (Fsp3) is 0.143. The second kappa shape index (κ2) is 3.14. The molecule has 6 heteroatoms. The molecule has 2 aromatic heterocycles. The molecule has 2 heterocycles. The van der Waals surface area contributed by atoms with Gasteiger partial charge in [-0.1, -0.05) is 11.8 Å². The zero-order chi connectivity index (χ0) is 9.26. The molecule has 0 aliphatic heterocycles. The maximum absolute atomic E-state index is 11.2. The van der Waals surface area contributed by atoms with Gasteiger partial charge in [0.1, 0.15) is 5.52 Å². The van der Waals surface area contributed by atoms with Crippen molar-refractivity contribution in [2.24, 2.45) is 0 Å². The van der Waals surface area contributed by atoms with Gasteiger partial charge in [0.05, 0.1) is 6.20 Å². The van der Waals surface area contributed by atoms with Crippen LogP contribution in [0.4, 0.5) is 0 Å². The summed E-state index contributed by atoms with van der Waals surface area (Å²) in [5.74, 6) is 0. The minimum absolute atomic E-state index is 0.282.